The Morgan fingerprint density at radius 1 is 1.33 bits per heavy atom. The van der Waals surface area contributed by atoms with Gasteiger partial charge in [0, 0.05) is 35.7 Å². The van der Waals surface area contributed by atoms with Crippen LogP contribution in [0, 0.1) is 0 Å². The van der Waals surface area contributed by atoms with Gasteiger partial charge in [0.05, 0.1) is 0 Å². The van der Waals surface area contributed by atoms with E-state index in [0.717, 1.165) is 15.8 Å². The molecule has 118 valence electrons. The summed E-state index contributed by atoms with van der Waals surface area (Å²) >= 11 is 3.47. The topological polar surface area (TPSA) is 41.6 Å². The number of carbonyl (C=O) groups excluding carboxylic acids is 1. The van der Waals surface area contributed by atoms with Crippen LogP contribution in [0.2, 0.25) is 0 Å². The highest BCUT2D eigenvalue weighted by Crippen LogP contribution is 2.23. The quantitative estimate of drug-likeness (QED) is 0.777. The Hall–Kier alpha value is -1.07. The number of ether oxygens (including phenoxy) is 1. The largest absolute Gasteiger partial charge is 0.483 e. The molecule has 0 bridgehead atoms. The second-order valence-corrected chi connectivity index (χ2v) is 6.06. The van der Waals surface area contributed by atoms with Gasteiger partial charge < -0.3 is 15.0 Å². The van der Waals surface area contributed by atoms with Crippen LogP contribution < -0.4 is 10.1 Å². The van der Waals surface area contributed by atoms with Gasteiger partial charge in [-0.15, -0.1) is 0 Å². The molecule has 0 spiro atoms. The summed E-state index contributed by atoms with van der Waals surface area (Å²) < 4.78 is 6.72. The van der Waals surface area contributed by atoms with E-state index in [1.807, 2.05) is 32.0 Å². The molecule has 0 heterocycles. The van der Waals surface area contributed by atoms with E-state index in [1.165, 1.54) is 0 Å². The SMILES string of the molecule is CCN(CC)C(=O)COc1ccc(Br)cc1CNC(C)C. The molecule has 0 saturated heterocycles. The Bertz CT molecular complexity index is 460. The predicted octanol–water partition coefficient (Wildman–Crippen LogP) is 3.19. The minimum absolute atomic E-state index is 0.0192. The summed E-state index contributed by atoms with van der Waals surface area (Å²) in [5, 5.41) is 3.37. The van der Waals surface area contributed by atoms with Crippen LogP contribution in [0.4, 0.5) is 0 Å². The first-order valence-electron chi connectivity index (χ1n) is 7.40. The number of rotatable bonds is 8. The highest BCUT2D eigenvalue weighted by atomic mass is 79.9. The first-order valence-corrected chi connectivity index (χ1v) is 8.19. The summed E-state index contributed by atoms with van der Waals surface area (Å²) in [7, 11) is 0. The number of hydrogen-bond donors (Lipinski definition) is 1. The van der Waals surface area contributed by atoms with E-state index in [4.69, 9.17) is 4.74 Å². The standard InChI is InChI=1S/C16H25BrN2O2/c1-5-19(6-2)16(20)11-21-15-8-7-14(17)9-13(15)10-18-12(3)4/h7-9,12,18H,5-6,10-11H2,1-4H3. The molecule has 21 heavy (non-hydrogen) atoms. The molecule has 1 amide bonds. The van der Waals surface area contributed by atoms with Crippen molar-refractivity contribution in [2.45, 2.75) is 40.3 Å². The van der Waals surface area contributed by atoms with Crippen molar-refractivity contribution < 1.29 is 9.53 Å². The lowest BCUT2D eigenvalue weighted by Gasteiger charge is -2.19. The predicted molar refractivity (Wildman–Crippen MR) is 89.5 cm³/mol. The molecule has 0 radical (unpaired) electrons. The van der Waals surface area contributed by atoms with Gasteiger partial charge in [-0.1, -0.05) is 29.8 Å². The van der Waals surface area contributed by atoms with Crippen molar-refractivity contribution in [3.05, 3.63) is 28.2 Å². The number of likely N-dealkylation sites (N-methyl/N-ethyl adjacent to an activating group) is 1. The minimum Gasteiger partial charge on any atom is -0.483 e. The second kappa shape index (κ2) is 9.05. The molecular weight excluding hydrogens is 332 g/mol. The van der Waals surface area contributed by atoms with E-state index in [9.17, 15) is 4.79 Å². The van der Waals surface area contributed by atoms with Crippen molar-refractivity contribution >= 4 is 21.8 Å². The summed E-state index contributed by atoms with van der Waals surface area (Å²) in [6.45, 7) is 10.4. The van der Waals surface area contributed by atoms with Gasteiger partial charge in [-0.2, -0.15) is 0 Å². The van der Waals surface area contributed by atoms with E-state index < -0.39 is 0 Å². The average Bonchev–Trinajstić information content (AvgIpc) is 2.45. The van der Waals surface area contributed by atoms with Crippen LogP contribution in [-0.2, 0) is 11.3 Å². The number of amides is 1. The second-order valence-electron chi connectivity index (χ2n) is 5.14. The molecule has 0 unspecified atom stereocenters. The van der Waals surface area contributed by atoms with Gasteiger partial charge in [-0.3, -0.25) is 4.79 Å². The fraction of sp³-hybridized carbons (Fsp3) is 0.562. The third-order valence-electron chi connectivity index (χ3n) is 3.19. The zero-order valence-corrected chi connectivity index (χ0v) is 14.9. The van der Waals surface area contributed by atoms with Crippen LogP contribution in [0.1, 0.15) is 33.3 Å². The van der Waals surface area contributed by atoms with Crippen molar-refractivity contribution in [2.24, 2.45) is 0 Å². The summed E-state index contributed by atoms with van der Waals surface area (Å²) in [5.74, 6) is 0.776. The minimum atomic E-state index is 0.0192. The van der Waals surface area contributed by atoms with Gasteiger partial charge in [0.15, 0.2) is 6.61 Å². The maximum absolute atomic E-state index is 12.0. The normalized spacial score (nSPS) is 10.8. The number of hydrogen-bond acceptors (Lipinski definition) is 3. The summed E-state index contributed by atoms with van der Waals surface area (Å²) in [6.07, 6.45) is 0. The van der Waals surface area contributed by atoms with E-state index >= 15 is 0 Å². The van der Waals surface area contributed by atoms with E-state index in [-0.39, 0.29) is 12.5 Å². The lowest BCUT2D eigenvalue weighted by Crippen LogP contribution is -2.34. The Labute approximate surface area is 136 Å². The van der Waals surface area contributed by atoms with Gasteiger partial charge in [0.2, 0.25) is 0 Å². The van der Waals surface area contributed by atoms with Crippen LogP contribution in [0.25, 0.3) is 0 Å². The van der Waals surface area contributed by atoms with Crippen molar-refractivity contribution in [1.82, 2.24) is 10.2 Å². The Balaban J connectivity index is 2.71. The first-order chi connectivity index (χ1) is 9.97. The third-order valence-corrected chi connectivity index (χ3v) is 3.68. The summed E-state index contributed by atoms with van der Waals surface area (Å²) in [5.41, 5.74) is 1.05. The molecular formula is C16H25BrN2O2. The Kier molecular flexibility index (Phi) is 7.75. The molecule has 0 fully saturated rings. The average molecular weight is 357 g/mol. The zero-order chi connectivity index (χ0) is 15.8. The maximum Gasteiger partial charge on any atom is 0.260 e. The fourth-order valence-electron chi connectivity index (χ4n) is 1.95. The lowest BCUT2D eigenvalue weighted by atomic mass is 10.2. The van der Waals surface area contributed by atoms with Crippen molar-refractivity contribution in [3.8, 4) is 5.75 Å². The smallest absolute Gasteiger partial charge is 0.260 e. The highest BCUT2D eigenvalue weighted by Gasteiger charge is 2.12. The van der Waals surface area contributed by atoms with E-state index in [1.54, 1.807) is 4.90 Å². The molecule has 0 atom stereocenters. The van der Waals surface area contributed by atoms with Gasteiger partial charge in [-0.05, 0) is 32.0 Å². The third kappa shape index (κ3) is 6.06. The monoisotopic (exact) mass is 356 g/mol. The van der Waals surface area contributed by atoms with Gasteiger partial charge in [0.1, 0.15) is 5.75 Å². The van der Waals surface area contributed by atoms with Crippen molar-refractivity contribution in [2.75, 3.05) is 19.7 Å². The molecule has 1 N–H and O–H groups in total. The summed E-state index contributed by atoms with van der Waals surface area (Å²) in [6, 6.07) is 6.24. The van der Waals surface area contributed by atoms with Crippen LogP contribution in [-0.4, -0.2) is 36.5 Å². The molecule has 0 aliphatic heterocycles. The molecule has 0 aliphatic carbocycles. The number of benzene rings is 1. The van der Waals surface area contributed by atoms with E-state index in [2.05, 4.69) is 35.1 Å². The van der Waals surface area contributed by atoms with E-state index in [0.29, 0.717) is 25.7 Å². The number of carbonyl (C=O) groups is 1. The molecule has 4 nitrogen and oxygen atoms in total. The molecule has 0 saturated carbocycles. The molecule has 0 aliphatic rings. The van der Waals surface area contributed by atoms with Gasteiger partial charge in [-0.25, -0.2) is 0 Å². The molecule has 1 aromatic rings. The molecule has 0 aromatic heterocycles. The molecule has 1 aromatic carbocycles. The number of halogens is 1. The van der Waals surface area contributed by atoms with Crippen LogP contribution in [0.5, 0.6) is 5.75 Å². The fourth-order valence-corrected chi connectivity index (χ4v) is 2.36. The van der Waals surface area contributed by atoms with Gasteiger partial charge >= 0.3 is 0 Å². The molecule has 5 heteroatoms. The summed E-state index contributed by atoms with van der Waals surface area (Å²) in [4.78, 5) is 13.8. The number of nitrogens with one attached hydrogen (secondary N) is 1. The zero-order valence-electron chi connectivity index (χ0n) is 13.3. The Morgan fingerprint density at radius 3 is 2.57 bits per heavy atom. The van der Waals surface area contributed by atoms with Gasteiger partial charge in [0.25, 0.3) is 5.91 Å². The number of nitrogens with zero attached hydrogens (tertiary/aromatic N) is 1. The van der Waals surface area contributed by atoms with Crippen LogP contribution >= 0.6 is 15.9 Å². The van der Waals surface area contributed by atoms with Crippen LogP contribution in [0.3, 0.4) is 0 Å². The van der Waals surface area contributed by atoms with Crippen molar-refractivity contribution in [1.29, 1.82) is 0 Å². The highest BCUT2D eigenvalue weighted by molar-refractivity contribution is 9.10. The van der Waals surface area contributed by atoms with Crippen LogP contribution in [0.15, 0.2) is 22.7 Å². The molecule has 1 rings (SSSR count). The van der Waals surface area contributed by atoms with Crippen molar-refractivity contribution in [3.63, 3.8) is 0 Å². The maximum atomic E-state index is 12.0. The first kappa shape index (κ1) is 18.0. The Morgan fingerprint density at radius 2 is 2.00 bits per heavy atom. The lowest BCUT2D eigenvalue weighted by molar-refractivity contribution is -0.132.